The molecule has 1 aliphatic rings. The molecular weight excluding hydrogens is 246 g/mol. The number of hydrogen-bond donors (Lipinski definition) is 1. The van der Waals surface area contributed by atoms with Crippen LogP contribution in [0.3, 0.4) is 0 Å². The quantitative estimate of drug-likeness (QED) is 0.873. The minimum atomic E-state index is -0.697. The van der Waals surface area contributed by atoms with E-state index >= 15 is 0 Å². The minimum Gasteiger partial charge on any atom is -0.392 e. The molecule has 1 saturated heterocycles. The van der Waals surface area contributed by atoms with Crippen molar-refractivity contribution in [2.75, 3.05) is 29.5 Å². The van der Waals surface area contributed by atoms with E-state index < -0.39 is 10.8 Å². The Balaban J connectivity index is 2.28. The number of para-hydroxylation sites is 1. The molecule has 1 aromatic carbocycles. The smallest absolute Gasteiger partial charge is 0.0702 e. The summed E-state index contributed by atoms with van der Waals surface area (Å²) in [5.74, 6) is 1.35. The molecule has 0 aliphatic carbocycles. The van der Waals surface area contributed by atoms with E-state index in [1.807, 2.05) is 18.2 Å². The van der Waals surface area contributed by atoms with E-state index in [0.29, 0.717) is 16.5 Å². The molecule has 0 bridgehead atoms. The summed E-state index contributed by atoms with van der Waals surface area (Å²) in [5.41, 5.74) is 1.73. The van der Waals surface area contributed by atoms with Crippen molar-refractivity contribution in [1.82, 2.24) is 0 Å². The number of hydrogen-bond acceptors (Lipinski definition) is 3. The molecule has 0 atom stereocenters. The van der Waals surface area contributed by atoms with Gasteiger partial charge < -0.3 is 10.0 Å². The van der Waals surface area contributed by atoms with E-state index in [9.17, 15) is 9.32 Å². The van der Waals surface area contributed by atoms with Crippen LogP contribution >= 0.6 is 11.6 Å². The van der Waals surface area contributed by atoms with Crippen LogP contribution in [0.15, 0.2) is 18.2 Å². The van der Waals surface area contributed by atoms with Crippen LogP contribution in [0.2, 0.25) is 5.02 Å². The minimum absolute atomic E-state index is 0.0184. The first-order valence-electron chi connectivity index (χ1n) is 5.20. The lowest BCUT2D eigenvalue weighted by atomic mass is 10.1. The third kappa shape index (κ3) is 2.39. The summed E-state index contributed by atoms with van der Waals surface area (Å²) in [6, 6.07) is 5.52. The summed E-state index contributed by atoms with van der Waals surface area (Å²) in [5, 5.41) is 9.93. The van der Waals surface area contributed by atoms with Crippen LogP contribution in [0, 0.1) is 0 Å². The van der Waals surface area contributed by atoms with Gasteiger partial charge in [0.25, 0.3) is 0 Å². The van der Waals surface area contributed by atoms with Crippen molar-refractivity contribution in [2.24, 2.45) is 0 Å². The number of aliphatic hydroxyl groups excluding tert-OH is 1. The molecule has 1 aliphatic heterocycles. The molecule has 16 heavy (non-hydrogen) atoms. The van der Waals surface area contributed by atoms with Crippen molar-refractivity contribution in [2.45, 2.75) is 6.61 Å². The first-order chi connectivity index (χ1) is 7.72. The molecule has 5 heteroatoms. The maximum atomic E-state index is 11.3. The zero-order chi connectivity index (χ0) is 11.5. The highest BCUT2D eigenvalue weighted by atomic mass is 35.5. The Morgan fingerprint density at radius 1 is 1.38 bits per heavy atom. The Morgan fingerprint density at radius 2 is 2.06 bits per heavy atom. The second-order valence-electron chi connectivity index (χ2n) is 3.74. The SMILES string of the molecule is O=S1CCN(c2c(Cl)cccc2CO)CC1. The maximum absolute atomic E-state index is 11.3. The molecule has 88 valence electrons. The molecule has 3 nitrogen and oxygen atoms in total. The largest absolute Gasteiger partial charge is 0.392 e. The van der Waals surface area contributed by atoms with Gasteiger partial charge in [-0.25, -0.2) is 0 Å². The summed E-state index contributed by atoms with van der Waals surface area (Å²) in [6.07, 6.45) is 0. The van der Waals surface area contributed by atoms with E-state index in [1.165, 1.54) is 0 Å². The molecule has 0 amide bonds. The van der Waals surface area contributed by atoms with Crippen LogP contribution < -0.4 is 4.90 Å². The Morgan fingerprint density at radius 3 is 2.69 bits per heavy atom. The molecule has 1 N–H and O–H groups in total. The van der Waals surface area contributed by atoms with Gasteiger partial charge >= 0.3 is 0 Å². The van der Waals surface area contributed by atoms with Gasteiger partial charge in [-0.05, 0) is 6.07 Å². The van der Waals surface area contributed by atoms with Gasteiger partial charge in [0.05, 0.1) is 17.3 Å². The van der Waals surface area contributed by atoms with E-state index in [4.69, 9.17) is 11.6 Å². The monoisotopic (exact) mass is 259 g/mol. The number of rotatable bonds is 2. The number of halogens is 1. The maximum Gasteiger partial charge on any atom is 0.0702 e. The van der Waals surface area contributed by atoms with Crippen molar-refractivity contribution in [1.29, 1.82) is 0 Å². The number of nitrogens with zero attached hydrogens (tertiary/aromatic N) is 1. The number of benzene rings is 1. The fourth-order valence-corrected chi connectivity index (χ4v) is 3.27. The molecular formula is C11H14ClNO2S. The van der Waals surface area contributed by atoms with Gasteiger partial charge in [-0.15, -0.1) is 0 Å². The van der Waals surface area contributed by atoms with Crippen LogP contribution in [-0.2, 0) is 17.4 Å². The fraction of sp³-hybridized carbons (Fsp3) is 0.455. The van der Waals surface area contributed by atoms with Gasteiger partial charge in [0.2, 0.25) is 0 Å². The van der Waals surface area contributed by atoms with Crippen LogP contribution in [0.5, 0.6) is 0 Å². The zero-order valence-electron chi connectivity index (χ0n) is 8.86. The normalized spacial score (nSPS) is 17.8. The lowest BCUT2D eigenvalue weighted by Crippen LogP contribution is -2.38. The Hall–Kier alpha value is -0.580. The molecule has 1 fully saturated rings. The topological polar surface area (TPSA) is 40.5 Å². The van der Waals surface area contributed by atoms with Gasteiger partial charge in [0.15, 0.2) is 0 Å². The van der Waals surface area contributed by atoms with Crippen LogP contribution in [0.25, 0.3) is 0 Å². The summed E-state index contributed by atoms with van der Waals surface area (Å²) in [7, 11) is -0.697. The molecule has 0 spiro atoms. The van der Waals surface area contributed by atoms with E-state index in [-0.39, 0.29) is 6.61 Å². The summed E-state index contributed by atoms with van der Waals surface area (Å²) in [4.78, 5) is 2.11. The molecule has 1 aromatic rings. The lowest BCUT2D eigenvalue weighted by Gasteiger charge is -2.30. The van der Waals surface area contributed by atoms with Crippen molar-refractivity contribution < 1.29 is 9.32 Å². The Bertz CT molecular complexity index is 401. The lowest BCUT2D eigenvalue weighted by molar-refractivity contribution is 0.282. The van der Waals surface area contributed by atoms with E-state index in [2.05, 4.69) is 4.90 Å². The average molecular weight is 260 g/mol. The molecule has 2 rings (SSSR count). The van der Waals surface area contributed by atoms with Crippen molar-refractivity contribution in [3.05, 3.63) is 28.8 Å². The zero-order valence-corrected chi connectivity index (χ0v) is 10.4. The van der Waals surface area contributed by atoms with E-state index in [1.54, 1.807) is 0 Å². The highest BCUT2D eigenvalue weighted by Gasteiger charge is 2.19. The molecule has 0 radical (unpaired) electrons. The molecule has 0 aromatic heterocycles. The summed E-state index contributed by atoms with van der Waals surface area (Å²) < 4.78 is 11.3. The second-order valence-corrected chi connectivity index (χ2v) is 5.84. The van der Waals surface area contributed by atoms with E-state index in [0.717, 1.165) is 24.3 Å². The van der Waals surface area contributed by atoms with Crippen LogP contribution in [0.1, 0.15) is 5.56 Å². The van der Waals surface area contributed by atoms with Crippen LogP contribution in [0.4, 0.5) is 5.69 Å². The standard InChI is InChI=1S/C11H14ClNO2S/c12-10-3-1-2-9(8-14)11(10)13-4-6-16(15)7-5-13/h1-3,14H,4-8H2. The Kier molecular flexibility index (Phi) is 3.84. The van der Waals surface area contributed by atoms with Crippen molar-refractivity contribution in [3.8, 4) is 0 Å². The van der Waals surface area contributed by atoms with Gasteiger partial charge in [-0.2, -0.15) is 0 Å². The first-order valence-corrected chi connectivity index (χ1v) is 7.07. The van der Waals surface area contributed by atoms with Crippen LogP contribution in [-0.4, -0.2) is 33.9 Å². The molecule has 1 heterocycles. The van der Waals surface area contributed by atoms with Gasteiger partial charge in [-0.1, -0.05) is 23.7 Å². The number of anilines is 1. The van der Waals surface area contributed by atoms with Gasteiger partial charge in [0.1, 0.15) is 0 Å². The highest BCUT2D eigenvalue weighted by molar-refractivity contribution is 7.85. The summed E-state index contributed by atoms with van der Waals surface area (Å²) >= 11 is 6.15. The van der Waals surface area contributed by atoms with Crippen molar-refractivity contribution in [3.63, 3.8) is 0 Å². The average Bonchev–Trinajstić information content (AvgIpc) is 2.30. The predicted molar refractivity (Wildman–Crippen MR) is 67.5 cm³/mol. The molecule has 0 saturated carbocycles. The van der Waals surface area contributed by atoms with Gasteiger partial charge in [-0.3, -0.25) is 4.21 Å². The number of aliphatic hydroxyl groups is 1. The molecule has 0 unspecified atom stereocenters. The predicted octanol–water partition coefficient (Wildman–Crippen LogP) is 1.40. The van der Waals surface area contributed by atoms with Crippen molar-refractivity contribution >= 4 is 28.1 Å². The third-order valence-electron chi connectivity index (χ3n) is 2.73. The first kappa shape index (κ1) is 11.9. The third-order valence-corrected chi connectivity index (χ3v) is 4.32. The summed E-state index contributed by atoms with van der Waals surface area (Å²) in [6.45, 7) is 1.46. The Labute approximate surface area is 102 Å². The highest BCUT2D eigenvalue weighted by Crippen LogP contribution is 2.30. The fourth-order valence-electron chi connectivity index (χ4n) is 1.90. The van der Waals surface area contributed by atoms with Gasteiger partial charge in [0, 0.05) is 41.0 Å². The second kappa shape index (κ2) is 5.17.